The third-order valence-corrected chi connectivity index (χ3v) is 5.31. The molecule has 0 atom stereocenters. The van der Waals surface area contributed by atoms with Crippen LogP contribution >= 0.6 is 11.6 Å². The Morgan fingerprint density at radius 1 is 0.968 bits per heavy atom. The smallest absolute Gasteiger partial charge is 0.257 e. The van der Waals surface area contributed by atoms with E-state index in [4.69, 9.17) is 11.6 Å². The van der Waals surface area contributed by atoms with E-state index in [9.17, 15) is 4.79 Å². The van der Waals surface area contributed by atoms with E-state index >= 15 is 0 Å². The average molecular weight is 428 g/mol. The molecule has 0 unspecified atom stereocenters. The number of benzene rings is 3. The van der Waals surface area contributed by atoms with Crippen molar-refractivity contribution in [2.75, 3.05) is 5.32 Å². The summed E-state index contributed by atoms with van der Waals surface area (Å²) in [7, 11) is 0. The van der Waals surface area contributed by atoms with Gasteiger partial charge < -0.3 is 5.32 Å². The van der Waals surface area contributed by atoms with E-state index in [0.717, 1.165) is 22.4 Å². The van der Waals surface area contributed by atoms with Gasteiger partial charge in [-0.2, -0.15) is 5.10 Å². The third-order valence-electron chi connectivity index (χ3n) is 4.94. The van der Waals surface area contributed by atoms with Crippen molar-refractivity contribution < 1.29 is 4.79 Å². The number of carbonyl (C=O) groups is 1. The first kappa shape index (κ1) is 20.6. The van der Waals surface area contributed by atoms with E-state index < -0.39 is 0 Å². The van der Waals surface area contributed by atoms with Crippen LogP contribution < -0.4 is 5.32 Å². The van der Waals surface area contributed by atoms with Crippen LogP contribution in [0.4, 0.5) is 5.82 Å². The highest BCUT2D eigenvalue weighted by Crippen LogP contribution is 2.22. The molecular formula is C26H22ClN3O. The van der Waals surface area contributed by atoms with Crippen molar-refractivity contribution in [3.63, 3.8) is 0 Å². The van der Waals surface area contributed by atoms with Crippen LogP contribution in [0.15, 0.2) is 91.0 Å². The molecule has 1 amide bonds. The van der Waals surface area contributed by atoms with Crippen LogP contribution in [0, 0.1) is 6.92 Å². The van der Waals surface area contributed by atoms with Gasteiger partial charge in [0.1, 0.15) is 0 Å². The zero-order valence-corrected chi connectivity index (χ0v) is 17.9. The fraction of sp³-hybridized carbons (Fsp3) is 0.0769. The van der Waals surface area contributed by atoms with Gasteiger partial charge in [0.15, 0.2) is 5.82 Å². The Balaban J connectivity index is 1.59. The Bertz CT molecular complexity index is 1210. The van der Waals surface area contributed by atoms with Gasteiger partial charge in [-0.1, -0.05) is 90.5 Å². The van der Waals surface area contributed by atoms with Gasteiger partial charge in [0.05, 0.1) is 6.54 Å². The van der Waals surface area contributed by atoms with Gasteiger partial charge in [-0.05, 0) is 35.8 Å². The number of anilines is 1. The molecule has 1 heterocycles. The van der Waals surface area contributed by atoms with Gasteiger partial charge in [-0.25, -0.2) is 0 Å². The van der Waals surface area contributed by atoms with Crippen molar-refractivity contribution in [3.8, 4) is 0 Å². The summed E-state index contributed by atoms with van der Waals surface area (Å²) in [5.74, 6) is 0.293. The minimum absolute atomic E-state index is 0.211. The minimum atomic E-state index is -0.211. The first-order valence-electron chi connectivity index (χ1n) is 10.0. The molecule has 5 heteroatoms. The highest BCUT2D eigenvalue weighted by atomic mass is 35.5. The number of nitrogens with one attached hydrogen (secondary N) is 1. The number of carbonyl (C=O) groups excluding carboxylic acids is 1. The summed E-state index contributed by atoms with van der Waals surface area (Å²) in [6.45, 7) is 2.49. The van der Waals surface area contributed by atoms with Crippen molar-refractivity contribution >= 4 is 35.0 Å². The molecule has 0 saturated heterocycles. The second-order valence-electron chi connectivity index (χ2n) is 7.21. The lowest BCUT2D eigenvalue weighted by atomic mass is 10.0. The molecule has 0 bridgehead atoms. The molecule has 0 aliphatic rings. The van der Waals surface area contributed by atoms with Gasteiger partial charge >= 0.3 is 0 Å². The number of rotatable bonds is 6. The second kappa shape index (κ2) is 9.45. The number of hydrogen-bond acceptors (Lipinski definition) is 2. The summed E-state index contributed by atoms with van der Waals surface area (Å²) >= 11 is 6.29. The number of aromatic nitrogens is 2. The normalized spacial score (nSPS) is 11.4. The Labute approximate surface area is 186 Å². The Kier molecular flexibility index (Phi) is 6.29. The van der Waals surface area contributed by atoms with Crippen molar-refractivity contribution in [1.82, 2.24) is 9.78 Å². The number of aryl methyl sites for hydroxylation is 1. The maximum Gasteiger partial charge on any atom is 0.257 e. The lowest BCUT2D eigenvalue weighted by molar-refractivity contribution is -0.111. The molecule has 1 N–H and O–H groups in total. The maximum absolute atomic E-state index is 13.2. The zero-order chi connectivity index (χ0) is 21.6. The van der Waals surface area contributed by atoms with E-state index in [1.165, 1.54) is 0 Å². The van der Waals surface area contributed by atoms with Crippen LogP contribution in [0.5, 0.6) is 0 Å². The third kappa shape index (κ3) is 5.11. The molecule has 0 saturated carbocycles. The largest absolute Gasteiger partial charge is 0.305 e. The number of amides is 1. The van der Waals surface area contributed by atoms with E-state index in [2.05, 4.69) is 10.4 Å². The molecule has 0 fully saturated rings. The molecule has 0 aliphatic heterocycles. The predicted octanol–water partition coefficient (Wildman–Crippen LogP) is 6.07. The summed E-state index contributed by atoms with van der Waals surface area (Å²) in [6, 6.07) is 29.0. The van der Waals surface area contributed by atoms with Crippen LogP contribution in [0.25, 0.3) is 11.6 Å². The van der Waals surface area contributed by atoms with Crippen LogP contribution in [0.1, 0.15) is 22.4 Å². The highest BCUT2D eigenvalue weighted by Gasteiger charge is 2.15. The first-order chi connectivity index (χ1) is 15.1. The van der Waals surface area contributed by atoms with Crippen molar-refractivity contribution in [3.05, 3.63) is 118 Å². The topological polar surface area (TPSA) is 46.9 Å². The number of hydrogen-bond donors (Lipinski definition) is 1. The maximum atomic E-state index is 13.2. The van der Waals surface area contributed by atoms with E-state index in [1.807, 2.05) is 109 Å². The van der Waals surface area contributed by atoms with Gasteiger partial charge in [-0.3, -0.25) is 9.48 Å². The van der Waals surface area contributed by atoms with Crippen LogP contribution in [-0.2, 0) is 11.3 Å². The van der Waals surface area contributed by atoms with Crippen molar-refractivity contribution in [2.24, 2.45) is 0 Å². The first-order valence-corrected chi connectivity index (χ1v) is 10.4. The van der Waals surface area contributed by atoms with E-state index in [-0.39, 0.29) is 5.91 Å². The number of nitrogens with zero attached hydrogens (tertiary/aromatic N) is 2. The fourth-order valence-electron chi connectivity index (χ4n) is 3.32. The standard InChI is InChI=1S/C26H22ClN3O/c1-19-16-25(29-30(19)18-22-14-8-9-15-24(22)27)28-26(31)23(21-12-6-3-7-13-21)17-20-10-4-2-5-11-20/h2-17H,18H2,1H3,(H,28,29,31)/b23-17-. The van der Waals surface area contributed by atoms with Gasteiger partial charge in [0, 0.05) is 22.4 Å². The molecule has 4 aromatic rings. The summed E-state index contributed by atoms with van der Waals surface area (Å²) in [4.78, 5) is 13.2. The van der Waals surface area contributed by atoms with Gasteiger partial charge in [0.2, 0.25) is 0 Å². The van der Waals surface area contributed by atoms with Gasteiger partial charge in [0.25, 0.3) is 5.91 Å². The monoisotopic (exact) mass is 427 g/mol. The minimum Gasteiger partial charge on any atom is -0.305 e. The summed E-state index contributed by atoms with van der Waals surface area (Å²) in [5, 5.41) is 8.21. The molecular weight excluding hydrogens is 406 g/mol. The Morgan fingerprint density at radius 3 is 2.32 bits per heavy atom. The highest BCUT2D eigenvalue weighted by molar-refractivity contribution is 6.31. The lowest BCUT2D eigenvalue weighted by Crippen LogP contribution is -2.14. The molecule has 4 rings (SSSR count). The van der Waals surface area contributed by atoms with E-state index in [1.54, 1.807) is 0 Å². The molecule has 154 valence electrons. The average Bonchev–Trinajstić information content (AvgIpc) is 3.13. The lowest BCUT2D eigenvalue weighted by Gasteiger charge is -2.09. The van der Waals surface area contributed by atoms with Crippen LogP contribution in [0.2, 0.25) is 5.02 Å². The molecule has 4 nitrogen and oxygen atoms in total. The summed E-state index contributed by atoms with van der Waals surface area (Å²) in [6.07, 6.45) is 1.89. The predicted molar refractivity (Wildman–Crippen MR) is 127 cm³/mol. The molecule has 0 radical (unpaired) electrons. The Morgan fingerprint density at radius 2 is 1.61 bits per heavy atom. The molecule has 31 heavy (non-hydrogen) atoms. The van der Waals surface area contributed by atoms with Crippen LogP contribution in [0.3, 0.4) is 0 Å². The molecule has 1 aromatic heterocycles. The van der Waals surface area contributed by atoms with Crippen molar-refractivity contribution in [2.45, 2.75) is 13.5 Å². The number of halogens is 1. The summed E-state index contributed by atoms with van der Waals surface area (Å²) < 4.78 is 1.83. The fourth-order valence-corrected chi connectivity index (χ4v) is 3.51. The van der Waals surface area contributed by atoms with Gasteiger partial charge in [-0.15, -0.1) is 0 Å². The summed E-state index contributed by atoms with van der Waals surface area (Å²) in [5.41, 5.74) is 4.28. The molecule has 0 aliphatic carbocycles. The van der Waals surface area contributed by atoms with Crippen molar-refractivity contribution in [1.29, 1.82) is 0 Å². The quantitative estimate of drug-likeness (QED) is 0.299. The zero-order valence-electron chi connectivity index (χ0n) is 17.1. The van der Waals surface area contributed by atoms with E-state index in [0.29, 0.717) is 23.0 Å². The SMILES string of the molecule is Cc1cc(NC(=O)/C(=C\c2ccccc2)c2ccccc2)nn1Cc1ccccc1Cl. The second-order valence-corrected chi connectivity index (χ2v) is 7.62. The Hall–Kier alpha value is -3.63. The molecule has 3 aromatic carbocycles. The van der Waals surface area contributed by atoms with Crippen LogP contribution in [-0.4, -0.2) is 15.7 Å². The molecule has 0 spiro atoms.